The molecule has 1 N–H and O–H groups in total. The van der Waals surface area contributed by atoms with Gasteiger partial charge in [-0.25, -0.2) is 0 Å². The molecule has 2 heteroatoms. The first-order valence-electron chi connectivity index (χ1n) is 7.55. The zero-order valence-corrected chi connectivity index (χ0v) is 12.4. The summed E-state index contributed by atoms with van der Waals surface area (Å²) in [6.45, 7) is 15.2. The molecule has 0 aliphatic heterocycles. The second-order valence-corrected chi connectivity index (χ2v) is 6.19. The second kappa shape index (κ2) is 7.38. The van der Waals surface area contributed by atoms with Crippen LogP contribution in [0.2, 0.25) is 0 Å². The summed E-state index contributed by atoms with van der Waals surface area (Å²) in [6, 6.07) is 0. The Morgan fingerprint density at radius 1 is 1.12 bits per heavy atom. The van der Waals surface area contributed by atoms with Crippen LogP contribution in [-0.4, -0.2) is 37.6 Å². The summed E-state index contributed by atoms with van der Waals surface area (Å²) in [6.07, 6.45) is 5.72. The average molecular weight is 240 g/mol. The fraction of sp³-hybridized carbons (Fsp3) is 1.00. The van der Waals surface area contributed by atoms with Gasteiger partial charge >= 0.3 is 0 Å². The van der Waals surface area contributed by atoms with E-state index in [1.54, 1.807) is 0 Å². The van der Waals surface area contributed by atoms with E-state index in [1.165, 1.54) is 58.4 Å². The SMILES string of the molecule is CCN(CC)CC1(CNCC(C)C)CCCC1. The van der Waals surface area contributed by atoms with Crippen LogP contribution in [0.25, 0.3) is 0 Å². The van der Waals surface area contributed by atoms with Gasteiger partial charge in [0, 0.05) is 13.1 Å². The summed E-state index contributed by atoms with van der Waals surface area (Å²) in [7, 11) is 0. The Labute approximate surface area is 108 Å². The molecule has 1 rings (SSSR count). The largest absolute Gasteiger partial charge is 0.316 e. The minimum Gasteiger partial charge on any atom is -0.316 e. The van der Waals surface area contributed by atoms with Crippen LogP contribution in [0.15, 0.2) is 0 Å². The zero-order chi connectivity index (χ0) is 12.7. The number of hydrogen-bond donors (Lipinski definition) is 1. The van der Waals surface area contributed by atoms with Crippen LogP contribution in [0.4, 0.5) is 0 Å². The highest BCUT2D eigenvalue weighted by atomic mass is 15.1. The fourth-order valence-electron chi connectivity index (χ4n) is 3.06. The smallest absolute Gasteiger partial charge is 0.00499 e. The zero-order valence-electron chi connectivity index (χ0n) is 12.4. The van der Waals surface area contributed by atoms with Gasteiger partial charge < -0.3 is 10.2 Å². The van der Waals surface area contributed by atoms with Crippen LogP contribution < -0.4 is 5.32 Å². The molecule has 0 unspecified atom stereocenters. The molecule has 17 heavy (non-hydrogen) atoms. The molecule has 0 amide bonds. The normalized spacial score (nSPS) is 19.4. The molecule has 0 spiro atoms. The van der Waals surface area contributed by atoms with Crippen LogP contribution in [0.1, 0.15) is 53.4 Å². The molecule has 0 heterocycles. The molecule has 1 fully saturated rings. The van der Waals surface area contributed by atoms with Gasteiger partial charge in [-0.15, -0.1) is 0 Å². The van der Waals surface area contributed by atoms with Gasteiger partial charge in [0.05, 0.1) is 0 Å². The van der Waals surface area contributed by atoms with Gasteiger partial charge in [0.15, 0.2) is 0 Å². The molecule has 0 radical (unpaired) electrons. The monoisotopic (exact) mass is 240 g/mol. The molecule has 0 aromatic carbocycles. The van der Waals surface area contributed by atoms with E-state index in [-0.39, 0.29) is 0 Å². The maximum atomic E-state index is 3.69. The van der Waals surface area contributed by atoms with Crippen molar-refractivity contribution < 1.29 is 0 Å². The Kier molecular flexibility index (Phi) is 6.50. The molecule has 2 nitrogen and oxygen atoms in total. The Morgan fingerprint density at radius 2 is 1.71 bits per heavy atom. The quantitative estimate of drug-likeness (QED) is 0.701. The van der Waals surface area contributed by atoms with Crippen LogP contribution in [-0.2, 0) is 0 Å². The van der Waals surface area contributed by atoms with Crippen molar-refractivity contribution >= 4 is 0 Å². The third-order valence-electron chi connectivity index (χ3n) is 4.17. The molecule has 1 saturated carbocycles. The van der Waals surface area contributed by atoms with Crippen molar-refractivity contribution in [2.45, 2.75) is 53.4 Å². The summed E-state index contributed by atoms with van der Waals surface area (Å²) in [5.41, 5.74) is 0.570. The average Bonchev–Trinajstić information content (AvgIpc) is 2.74. The van der Waals surface area contributed by atoms with Gasteiger partial charge in [0.1, 0.15) is 0 Å². The summed E-state index contributed by atoms with van der Waals surface area (Å²) < 4.78 is 0. The molecule has 1 aliphatic carbocycles. The highest BCUT2D eigenvalue weighted by Crippen LogP contribution is 2.38. The van der Waals surface area contributed by atoms with Gasteiger partial charge in [-0.05, 0) is 43.8 Å². The minimum atomic E-state index is 0.570. The lowest BCUT2D eigenvalue weighted by atomic mass is 9.85. The summed E-state index contributed by atoms with van der Waals surface area (Å²) in [4.78, 5) is 2.60. The van der Waals surface area contributed by atoms with Crippen LogP contribution in [0.3, 0.4) is 0 Å². The highest BCUT2D eigenvalue weighted by Gasteiger charge is 2.34. The fourth-order valence-corrected chi connectivity index (χ4v) is 3.06. The maximum absolute atomic E-state index is 3.69. The van der Waals surface area contributed by atoms with Crippen molar-refractivity contribution in [3.8, 4) is 0 Å². The predicted molar refractivity (Wildman–Crippen MR) is 76.4 cm³/mol. The number of rotatable bonds is 8. The number of nitrogens with one attached hydrogen (secondary N) is 1. The predicted octanol–water partition coefficient (Wildman–Crippen LogP) is 3.13. The molecule has 0 atom stereocenters. The molecule has 0 aromatic heterocycles. The third-order valence-corrected chi connectivity index (χ3v) is 4.17. The molecular formula is C15H32N2. The lowest BCUT2D eigenvalue weighted by molar-refractivity contribution is 0.158. The van der Waals surface area contributed by atoms with E-state index in [4.69, 9.17) is 0 Å². The second-order valence-electron chi connectivity index (χ2n) is 6.19. The molecular weight excluding hydrogens is 208 g/mol. The Hall–Kier alpha value is -0.0800. The van der Waals surface area contributed by atoms with Crippen LogP contribution in [0.5, 0.6) is 0 Å². The minimum absolute atomic E-state index is 0.570. The first kappa shape index (κ1) is 15.0. The van der Waals surface area contributed by atoms with E-state index in [1.807, 2.05) is 0 Å². The molecule has 0 aromatic rings. The topological polar surface area (TPSA) is 15.3 Å². The van der Waals surface area contributed by atoms with Gasteiger partial charge in [0.2, 0.25) is 0 Å². The highest BCUT2D eigenvalue weighted by molar-refractivity contribution is 4.89. The van der Waals surface area contributed by atoms with Crippen LogP contribution >= 0.6 is 0 Å². The van der Waals surface area contributed by atoms with Crippen molar-refractivity contribution in [2.24, 2.45) is 11.3 Å². The number of hydrogen-bond acceptors (Lipinski definition) is 2. The van der Waals surface area contributed by atoms with Crippen molar-refractivity contribution in [2.75, 3.05) is 32.7 Å². The van der Waals surface area contributed by atoms with E-state index in [2.05, 4.69) is 37.9 Å². The Bertz CT molecular complexity index is 191. The van der Waals surface area contributed by atoms with Gasteiger partial charge in [-0.2, -0.15) is 0 Å². The van der Waals surface area contributed by atoms with E-state index in [0.29, 0.717) is 5.41 Å². The first-order valence-corrected chi connectivity index (χ1v) is 7.55. The summed E-state index contributed by atoms with van der Waals surface area (Å²) >= 11 is 0. The molecule has 1 aliphatic rings. The summed E-state index contributed by atoms with van der Waals surface area (Å²) in [5, 5.41) is 3.69. The van der Waals surface area contributed by atoms with E-state index < -0.39 is 0 Å². The van der Waals surface area contributed by atoms with Crippen LogP contribution in [0, 0.1) is 11.3 Å². The number of nitrogens with zero attached hydrogens (tertiary/aromatic N) is 1. The molecule has 0 saturated heterocycles. The standard InChI is InChI=1S/C15H32N2/c1-5-17(6-2)13-15(9-7-8-10-15)12-16-11-14(3)4/h14,16H,5-13H2,1-4H3. The molecule has 102 valence electrons. The van der Waals surface area contributed by atoms with Gasteiger partial charge in [0.25, 0.3) is 0 Å². The maximum Gasteiger partial charge on any atom is 0.00499 e. The van der Waals surface area contributed by atoms with Crippen molar-refractivity contribution in [1.29, 1.82) is 0 Å². The van der Waals surface area contributed by atoms with E-state index >= 15 is 0 Å². The first-order chi connectivity index (χ1) is 8.12. The summed E-state index contributed by atoms with van der Waals surface area (Å²) in [5.74, 6) is 0.766. The lowest BCUT2D eigenvalue weighted by Crippen LogP contribution is -2.43. The third kappa shape index (κ3) is 4.97. The van der Waals surface area contributed by atoms with E-state index in [9.17, 15) is 0 Å². The van der Waals surface area contributed by atoms with Crippen molar-refractivity contribution in [3.63, 3.8) is 0 Å². The van der Waals surface area contributed by atoms with Crippen molar-refractivity contribution in [1.82, 2.24) is 10.2 Å². The van der Waals surface area contributed by atoms with Crippen molar-refractivity contribution in [3.05, 3.63) is 0 Å². The lowest BCUT2D eigenvalue weighted by Gasteiger charge is -2.35. The Morgan fingerprint density at radius 3 is 2.18 bits per heavy atom. The Balaban J connectivity index is 2.44. The molecule has 0 bridgehead atoms. The van der Waals surface area contributed by atoms with Gasteiger partial charge in [-0.3, -0.25) is 0 Å². The van der Waals surface area contributed by atoms with E-state index in [0.717, 1.165) is 5.92 Å². The van der Waals surface area contributed by atoms with Gasteiger partial charge in [-0.1, -0.05) is 40.5 Å².